The van der Waals surface area contributed by atoms with E-state index in [1.165, 1.54) is 0 Å². The topological polar surface area (TPSA) is 20.2 Å². The molecule has 0 spiro atoms. The minimum atomic E-state index is -0.317. The predicted molar refractivity (Wildman–Crippen MR) is 33.5 cm³/mol. The van der Waals surface area contributed by atoms with Crippen LogP contribution in [0.3, 0.4) is 0 Å². The molecule has 0 saturated heterocycles. The normalized spacial score (nSPS) is 37.2. The van der Waals surface area contributed by atoms with Crippen LogP contribution in [0.2, 0.25) is 0 Å². The Bertz CT molecular complexity index is 128. The zero-order valence-corrected chi connectivity index (χ0v) is 5.02. The van der Waals surface area contributed by atoms with Crippen molar-refractivity contribution in [2.45, 2.75) is 13.0 Å². The van der Waals surface area contributed by atoms with Gasteiger partial charge in [-0.3, -0.25) is 0 Å². The highest BCUT2D eigenvalue weighted by molar-refractivity contribution is 5.42. The van der Waals surface area contributed by atoms with Crippen molar-refractivity contribution in [3.8, 4) is 0 Å². The molecule has 0 aromatic carbocycles. The molecule has 1 rings (SSSR count). The molecule has 2 unspecified atom stereocenters. The third-order valence-corrected chi connectivity index (χ3v) is 1.79. The highest BCUT2D eigenvalue weighted by atomic mass is 16.3. The highest BCUT2D eigenvalue weighted by Gasteiger charge is 2.32. The van der Waals surface area contributed by atoms with Crippen molar-refractivity contribution in [2.24, 2.45) is 5.92 Å². The van der Waals surface area contributed by atoms with Crippen LogP contribution in [-0.2, 0) is 0 Å². The second-order valence-electron chi connectivity index (χ2n) is 2.28. The smallest absolute Gasteiger partial charge is 0.0852 e. The number of hydrogen-bond acceptors (Lipinski definition) is 1. The fourth-order valence-electron chi connectivity index (χ4n) is 0.878. The van der Waals surface area contributed by atoms with Gasteiger partial charge >= 0.3 is 0 Å². The van der Waals surface area contributed by atoms with Crippen molar-refractivity contribution in [2.75, 3.05) is 0 Å². The van der Waals surface area contributed by atoms with Crippen molar-refractivity contribution in [3.63, 3.8) is 0 Å². The van der Waals surface area contributed by atoms with Crippen LogP contribution in [0.4, 0.5) is 0 Å². The second-order valence-corrected chi connectivity index (χ2v) is 2.28. The first-order valence-electron chi connectivity index (χ1n) is 2.70. The molecule has 1 aliphatic carbocycles. The number of aliphatic hydroxyl groups excluding tert-OH is 1. The molecule has 0 aliphatic heterocycles. The summed E-state index contributed by atoms with van der Waals surface area (Å²) in [5.41, 5.74) is 1.80. The van der Waals surface area contributed by atoms with E-state index < -0.39 is 0 Å². The molecule has 1 N–H and O–H groups in total. The quantitative estimate of drug-likeness (QED) is 0.495. The van der Waals surface area contributed by atoms with E-state index in [4.69, 9.17) is 5.11 Å². The summed E-state index contributed by atoms with van der Waals surface area (Å²) >= 11 is 0. The molecule has 0 aromatic rings. The van der Waals surface area contributed by atoms with E-state index in [9.17, 15) is 0 Å². The summed E-state index contributed by atoms with van der Waals surface area (Å²) < 4.78 is 0. The summed E-state index contributed by atoms with van der Waals surface area (Å²) in [6.07, 6.45) is -0.317. The van der Waals surface area contributed by atoms with Gasteiger partial charge in [0, 0.05) is 5.92 Å². The van der Waals surface area contributed by atoms with Crippen LogP contribution in [-0.4, -0.2) is 11.2 Å². The summed E-state index contributed by atoms with van der Waals surface area (Å²) in [5.74, 6) is 0.238. The maximum Gasteiger partial charge on any atom is 0.0852 e. The molecule has 0 bridgehead atoms. The lowest BCUT2D eigenvalue weighted by molar-refractivity contribution is 0.137. The Morgan fingerprint density at radius 3 is 2.00 bits per heavy atom. The zero-order chi connectivity index (χ0) is 6.31. The lowest BCUT2D eigenvalue weighted by Crippen LogP contribution is -2.33. The molecule has 1 fully saturated rings. The Morgan fingerprint density at radius 1 is 1.38 bits per heavy atom. The molecule has 0 amide bonds. The van der Waals surface area contributed by atoms with E-state index in [1.807, 2.05) is 6.92 Å². The highest BCUT2D eigenvalue weighted by Crippen LogP contribution is 2.36. The maximum atomic E-state index is 9.00. The summed E-state index contributed by atoms with van der Waals surface area (Å²) in [6.45, 7) is 9.28. The van der Waals surface area contributed by atoms with Gasteiger partial charge in [-0.1, -0.05) is 20.1 Å². The van der Waals surface area contributed by atoms with Gasteiger partial charge in [0.2, 0.25) is 0 Å². The first-order valence-corrected chi connectivity index (χ1v) is 2.70. The van der Waals surface area contributed by atoms with E-state index in [2.05, 4.69) is 13.2 Å². The first kappa shape index (κ1) is 5.57. The van der Waals surface area contributed by atoms with Gasteiger partial charge in [-0.25, -0.2) is 0 Å². The van der Waals surface area contributed by atoms with E-state index in [0.717, 1.165) is 11.1 Å². The fraction of sp³-hybridized carbons (Fsp3) is 0.429. The van der Waals surface area contributed by atoms with Crippen molar-refractivity contribution < 1.29 is 5.11 Å². The number of aliphatic hydroxyl groups is 1. The molecule has 44 valence electrons. The van der Waals surface area contributed by atoms with Gasteiger partial charge in [-0.15, -0.1) is 0 Å². The molecule has 1 saturated carbocycles. The summed E-state index contributed by atoms with van der Waals surface area (Å²) in [5, 5.41) is 9.00. The molecule has 1 aliphatic rings. The molecule has 1 heteroatoms. The van der Waals surface area contributed by atoms with Crippen LogP contribution < -0.4 is 0 Å². The van der Waals surface area contributed by atoms with Gasteiger partial charge in [0.25, 0.3) is 0 Å². The van der Waals surface area contributed by atoms with Gasteiger partial charge in [0.15, 0.2) is 0 Å². The van der Waals surface area contributed by atoms with Crippen LogP contribution in [0, 0.1) is 5.92 Å². The van der Waals surface area contributed by atoms with E-state index >= 15 is 0 Å². The van der Waals surface area contributed by atoms with E-state index in [1.54, 1.807) is 0 Å². The van der Waals surface area contributed by atoms with Gasteiger partial charge in [-0.2, -0.15) is 0 Å². The summed E-state index contributed by atoms with van der Waals surface area (Å²) in [4.78, 5) is 0. The van der Waals surface area contributed by atoms with Crippen molar-refractivity contribution in [1.29, 1.82) is 0 Å². The van der Waals surface area contributed by atoms with Crippen LogP contribution in [0.15, 0.2) is 24.3 Å². The molecular formula is C7H10O. The number of rotatable bonds is 0. The monoisotopic (exact) mass is 110 g/mol. The van der Waals surface area contributed by atoms with Crippen molar-refractivity contribution in [3.05, 3.63) is 24.3 Å². The van der Waals surface area contributed by atoms with E-state index in [0.29, 0.717) is 0 Å². The average Bonchev–Trinajstić information content (AvgIpc) is 1.83. The number of hydrogen-bond donors (Lipinski definition) is 1. The maximum absolute atomic E-state index is 9.00. The second kappa shape index (κ2) is 1.46. The first-order chi connectivity index (χ1) is 3.64. The average molecular weight is 110 g/mol. The summed E-state index contributed by atoms with van der Waals surface area (Å²) in [7, 11) is 0. The molecule has 0 aromatic heterocycles. The SMILES string of the molecule is C=C1C(=C)C(O)C1C. The third kappa shape index (κ3) is 0.450. The fourth-order valence-corrected chi connectivity index (χ4v) is 0.878. The van der Waals surface area contributed by atoms with Gasteiger partial charge in [0.1, 0.15) is 0 Å². The van der Waals surface area contributed by atoms with Crippen LogP contribution in [0.5, 0.6) is 0 Å². The minimum Gasteiger partial charge on any atom is -0.388 e. The molecule has 2 atom stereocenters. The van der Waals surface area contributed by atoms with Gasteiger partial charge < -0.3 is 5.11 Å². The van der Waals surface area contributed by atoms with Gasteiger partial charge in [-0.05, 0) is 11.1 Å². The molecule has 0 heterocycles. The lowest BCUT2D eigenvalue weighted by atomic mass is 9.75. The molecule has 1 nitrogen and oxygen atoms in total. The summed E-state index contributed by atoms with van der Waals surface area (Å²) in [6, 6.07) is 0. The minimum absolute atomic E-state index is 0.238. The Balaban J connectivity index is 2.68. The van der Waals surface area contributed by atoms with Crippen LogP contribution >= 0.6 is 0 Å². The van der Waals surface area contributed by atoms with Crippen LogP contribution in [0.1, 0.15) is 6.92 Å². The standard InChI is InChI=1S/C7H10O/c1-4-5(2)7(8)6(4)3/h6-8H,1-2H2,3H3. The molecule has 8 heavy (non-hydrogen) atoms. The van der Waals surface area contributed by atoms with Crippen LogP contribution in [0.25, 0.3) is 0 Å². The van der Waals surface area contributed by atoms with Gasteiger partial charge in [0.05, 0.1) is 6.10 Å². The van der Waals surface area contributed by atoms with Crippen molar-refractivity contribution in [1.82, 2.24) is 0 Å². The largest absolute Gasteiger partial charge is 0.388 e. The molecular weight excluding hydrogens is 100 g/mol. The lowest BCUT2D eigenvalue weighted by Gasteiger charge is -2.34. The Labute approximate surface area is 49.3 Å². The van der Waals surface area contributed by atoms with Crippen molar-refractivity contribution >= 4 is 0 Å². The van der Waals surface area contributed by atoms with E-state index in [-0.39, 0.29) is 12.0 Å². The zero-order valence-electron chi connectivity index (χ0n) is 5.02. The molecule has 0 radical (unpaired) electrons. The predicted octanol–water partition coefficient (Wildman–Crippen LogP) is 1.11. The Morgan fingerprint density at radius 2 is 1.88 bits per heavy atom. The Hall–Kier alpha value is -0.560. The Kier molecular flexibility index (Phi) is 1.01. The third-order valence-electron chi connectivity index (χ3n) is 1.79.